The van der Waals surface area contributed by atoms with E-state index in [-0.39, 0.29) is 6.04 Å². The van der Waals surface area contributed by atoms with Gasteiger partial charge in [-0.3, -0.25) is 4.68 Å². The summed E-state index contributed by atoms with van der Waals surface area (Å²) in [6.45, 7) is 8.34. The Bertz CT molecular complexity index is 332. The minimum atomic E-state index is -0.464. The number of methoxy groups -OCH3 is 1. The normalized spacial score (nSPS) is 15.3. The molecule has 0 fully saturated rings. The molecule has 0 bridgehead atoms. The minimum absolute atomic E-state index is 0.196. The first-order chi connectivity index (χ1) is 6.99. The van der Waals surface area contributed by atoms with Crippen LogP contribution in [0.15, 0.2) is 0 Å². The van der Waals surface area contributed by atoms with Crippen molar-refractivity contribution in [1.29, 1.82) is 0 Å². The molecule has 86 valence electrons. The van der Waals surface area contributed by atoms with Crippen LogP contribution < -0.4 is 0 Å². The second-order valence-electron chi connectivity index (χ2n) is 4.01. The number of aromatic nitrogens is 2. The molecule has 1 heterocycles. The zero-order valence-electron chi connectivity index (χ0n) is 10.1. The van der Waals surface area contributed by atoms with Crippen LogP contribution in [0.3, 0.4) is 0 Å². The maximum Gasteiger partial charge on any atom is 0.0797 e. The molecule has 0 saturated heterocycles. The summed E-state index contributed by atoms with van der Waals surface area (Å²) < 4.78 is 7.02. The SMILES string of the molecule is COCC(C)n1nc(C)c(C(C)O)c1C. The summed E-state index contributed by atoms with van der Waals surface area (Å²) >= 11 is 0. The molecule has 0 saturated carbocycles. The lowest BCUT2D eigenvalue weighted by molar-refractivity contribution is 0.155. The van der Waals surface area contributed by atoms with Gasteiger partial charge in [-0.25, -0.2) is 0 Å². The van der Waals surface area contributed by atoms with Crippen LogP contribution in [0.1, 0.15) is 42.9 Å². The molecule has 0 radical (unpaired) electrons. The van der Waals surface area contributed by atoms with E-state index in [1.807, 2.05) is 18.5 Å². The fourth-order valence-corrected chi connectivity index (χ4v) is 2.02. The molecule has 2 atom stereocenters. The smallest absolute Gasteiger partial charge is 0.0797 e. The van der Waals surface area contributed by atoms with Crippen LogP contribution in [0.5, 0.6) is 0 Å². The largest absolute Gasteiger partial charge is 0.389 e. The van der Waals surface area contributed by atoms with Gasteiger partial charge in [0.15, 0.2) is 0 Å². The quantitative estimate of drug-likeness (QED) is 0.827. The number of ether oxygens (including phenoxy) is 1. The van der Waals surface area contributed by atoms with Crippen molar-refractivity contribution in [3.05, 3.63) is 17.0 Å². The lowest BCUT2D eigenvalue weighted by Crippen LogP contribution is -2.14. The zero-order chi connectivity index (χ0) is 11.6. The standard InChI is InChI=1S/C11H20N2O2/c1-7(6-15-5)13-9(3)11(10(4)14)8(2)12-13/h7,10,14H,6H2,1-5H3. The Balaban J connectivity index is 3.06. The van der Waals surface area contributed by atoms with Crippen LogP contribution in [-0.4, -0.2) is 28.6 Å². The van der Waals surface area contributed by atoms with E-state index in [0.717, 1.165) is 17.0 Å². The number of rotatable bonds is 4. The molecule has 4 heteroatoms. The Kier molecular flexibility index (Phi) is 3.88. The highest BCUT2D eigenvalue weighted by atomic mass is 16.5. The predicted octanol–water partition coefficient (Wildman–Crippen LogP) is 1.76. The van der Waals surface area contributed by atoms with E-state index in [2.05, 4.69) is 12.0 Å². The van der Waals surface area contributed by atoms with Gasteiger partial charge in [0.05, 0.1) is 24.4 Å². The minimum Gasteiger partial charge on any atom is -0.389 e. The average Bonchev–Trinajstić information content (AvgIpc) is 2.42. The third-order valence-corrected chi connectivity index (χ3v) is 2.62. The van der Waals surface area contributed by atoms with Crippen LogP contribution in [0.2, 0.25) is 0 Å². The summed E-state index contributed by atoms with van der Waals surface area (Å²) in [5.41, 5.74) is 2.84. The maximum absolute atomic E-state index is 9.63. The summed E-state index contributed by atoms with van der Waals surface area (Å²) in [6.07, 6.45) is -0.464. The van der Waals surface area contributed by atoms with Gasteiger partial charge in [-0.05, 0) is 27.7 Å². The van der Waals surface area contributed by atoms with Crippen molar-refractivity contribution in [2.24, 2.45) is 0 Å². The third kappa shape index (κ3) is 2.38. The van der Waals surface area contributed by atoms with Gasteiger partial charge < -0.3 is 9.84 Å². The molecule has 1 aromatic rings. The predicted molar refractivity (Wildman–Crippen MR) is 58.9 cm³/mol. The average molecular weight is 212 g/mol. The van der Waals surface area contributed by atoms with E-state index in [4.69, 9.17) is 4.74 Å². The van der Waals surface area contributed by atoms with Crippen molar-refractivity contribution in [3.63, 3.8) is 0 Å². The van der Waals surface area contributed by atoms with Gasteiger partial charge in [0.25, 0.3) is 0 Å². The summed E-state index contributed by atoms with van der Waals surface area (Å²) in [5.74, 6) is 0. The molecule has 0 aliphatic heterocycles. The highest BCUT2D eigenvalue weighted by Gasteiger charge is 2.18. The topological polar surface area (TPSA) is 47.3 Å². The fraction of sp³-hybridized carbons (Fsp3) is 0.727. The molecule has 1 aromatic heterocycles. The molecule has 2 unspecified atom stereocenters. The second kappa shape index (κ2) is 4.77. The van der Waals surface area contributed by atoms with E-state index in [0.29, 0.717) is 6.61 Å². The molecule has 1 N–H and O–H groups in total. The first-order valence-electron chi connectivity index (χ1n) is 5.21. The van der Waals surface area contributed by atoms with Gasteiger partial charge in [-0.2, -0.15) is 5.10 Å². The van der Waals surface area contributed by atoms with Crippen molar-refractivity contribution in [1.82, 2.24) is 9.78 Å². The zero-order valence-corrected chi connectivity index (χ0v) is 10.1. The Labute approximate surface area is 90.9 Å². The second-order valence-corrected chi connectivity index (χ2v) is 4.01. The van der Waals surface area contributed by atoms with E-state index in [1.165, 1.54) is 0 Å². The fourth-order valence-electron chi connectivity index (χ4n) is 2.02. The molecular formula is C11H20N2O2. The van der Waals surface area contributed by atoms with Crippen molar-refractivity contribution in [2.75, 3.05) is 13.7 Å². The van der Waals surface area contributed by atoms with Crippen LogP contribution in [0.25, 0.3) is 0 Å². The Morgan fingerprint density at radius 1 is 1.40 bits per heavy atom. The van der Waals surface area contributed by atoms with Gasteiger partial charge in [0, 0.05) is 18.4 Å². The lowest BCUT2D eigenvalue weighted by atomic mass is 10.1. The number of nitrogens with zero attached hydrogens (tertiary/aromatic N) is 2. The highest BCUT2D eigenvalue weighted by molar-refractivity contribution is 5.26. The van der Waals surface area contributed by atoms with Gasteiger partial charge in [-0.1, -0.05) is 0 Å². The lowest BCUT2D eigenvalue weighted by Gasteiger charge is -2.13. The van der Waals surface area contributed by atoms with Crippen LogP contribution >= 0.6 is 0 Å². The van der Waals surface area contributed by atoms with Crippen LogP contribution in [0.4, 0.5) is 0 Å². The Morgan fingerprint density at radius 2 is 2.00 bits per heavy atom. The summed E-state index contributed by atoms with van der Waals surface area (Å²) in [4.78, 5) is 0. The molecule has 15 heavy (non-hydrogen) atoms. The van der Waals surface area contributed by atoms with Crippen LogP contribution in [-0.2, 0) is 4.74 Å². The summed E-state index contributed by atoms with van der Waals surface area (Å²) in [7, 11) is 1.68. The first-order valence-corrected chi connectivity index (χ1v) is 5.21. The van der Waals surface area contributed by atoms with Gasteiger partial charge in [-0.15, -0.1) is 0 Å². The van der Waals surface area contributed by atoms with Crippen molar-refractivity contribution < 1.29 is 9.84 Å². The maximum atomic E-state index is 9.63. The monoisotopic (exact) mass is 212 g/mol. The molecule has 0 aliphatic rings. The van der Waals surface area contributed by atoms with Crippen LogP contribution in [0, 0.1) is 13.8 Å². The number of aliphatic hydroxyl groups is 1. The number of hydrogen-bond donors (Lipinski definition) is 1. The molecular weight excluding hydrogens is 192 g/mol. The molecule has 4 nitrogen and oxygen atoms in total. The van der Waals surface area contributed by atoms with Gasteiger partial charge >= 0.3 is 0 Å². The van der Waals surface area contributed by atoms with Gasteiger partial charge in [0.1, 0.15) is 0 Å². The number of hydrogen-bond acceptors (Lipinski definition) is 3. The van der Waals surface area contributed by atoms with E-state index in [1.54, 1.807) is 14.0 Å². The van der Waals surface area contributed by atoms with Crippen molar-refractivity contribution >= 4 is 0 Å². The van der Waals surface area contributed by atoms with E-state index >= 15 is 0 Å². The molecule has 1 rings (SSSR count). The van der Waals surface area contributed by atoms with E-state index < -0.39 is 6.10 Å². The first kappa shape index (κ1) is 12.2. The number of aryl methyl sites for hydroxylation is 1. The molecule has 0 spiro atoms. The third-order valence-electron chi connectivity index (χ3n) is 2.62. The van der Waals surface area contributed by atoms with Crippen molar-refractivity contribution in [3.8, 4) is 0 Å². The molecule has 0 aromatic carbocycles. The highest BCUT2D eigenvalue weighted by Crippen LogP contribution is 2.23. The molecule has 0 amide bonds. The van der Waals surface area contributed by atoms with Crippen molar-refractivity contribution in [2.45, 2.75) is 39.8 Å². The molecule has 0 aliphatic carbocycles. The number of aliphatic hydroxyl groups excluding tert-OH is 1. The van der Waals surface area contributed by atoms with E-state index in [9.17, 15) is 5.11 Å². The summed E-state index contributed by atoms with van der Waals surface area (Å²) in [5, 5.41) is 14.1. The summed E-state index contributed by atoms with van der Waals surface area (Å²) in [6, 6.07) is 0.196. The Morgan fingerprint density at radius 3 is 2.40 bits per heavy atom. The van der Waals surface area contributed by atoms with Gasteiger partial charge in [0.2, 0.25) is 0 Å². The Hall–Kier alpha value is -0.870.